The van der Waals surface area contributed by atoms with E-state index < -0.39 is 0 Å². The largest absolute Gasteiger partial charge is 0.431 e. The molecule has 1 unspecified atom stereocenters. The predicted molar refractivity (Wildman–Crippen MR) is 66.3 cm³/mol. The Morgan fingerprint density at radius 3 is 3.00 bits per heavy atom. The third-order valence-corrected chi connectivity index (χ3v) is 3.30. The molecule has 94 valence electrons. The summed E-state index contributed by atoms with van der Waals surface area (Å²) in [5, 5.41) is 0. The molecule has 0 aromatic carbocycles. The molecule has 2 rings (SSSR count). The summed E-state index contributed by atoms with van der Waals surface area (Å²) in [6, 6.07) is 1.92. The van der Waals surface area contributed by atoms with Gasteiger partial charge in [0.05, 0.1) is 12.4 Å². The summed E-state index contributed by atoms with van der Waals surface area (Å²) >= 11 is 0. The van der Waals surface area contributed by atoms with E-state index in [-0.39, 0.29) is 11.7 Å². The molecule has 2 heterocycles. The Labute approximate surface area is 102 Å². The van der Waals surface area contributed by atoms with Crippen molar-refractivity contribution in [2.24, 2.45) is 0 Å². The van der Waals surface area contributed by atoms with E-state index in [0.717, 1.165) is 49.8 Å². The van der Waals surface area contributed by atoms with E-state index in [9.17, 15) is 4.79 Å². The van der Waals surface area contributed by atoms with Crippen LogP contribution in [-0.4, -0.2) is 12.7 Å². The van der Waals surface area contributed by atoms with E-state index in [1.165, 1.54) is 12.7 Å². The molecule has 0 aliphatic carbocycles. The van der Waals surface area contributed by atoms with Crippen molar-refractivity contribution in [3.05, 3.63) is 33.9 Å². The molecule has 3 nitrogen and oxygen atoms in total. The van der Waals surface area contributed by atoms with Crippen LogP contribution in [0.4, 0.5) is 0 Å². The number of ether oxygens (including phenoxy) is 1. The van der Waals surface area contributed by atoms with Crippen LogP contribution in [0.15, 0.2) is 21.5 Å². The van der Waals surface area contributed by atoms with Crippen molar-refractivity contribution in [1.29, 1.82) is 0 Å². The maximum absolute atomic E-state index is 11.7. The molecule has 0 radical (unpaired) electrons. The van der Waals surface area contributed by atoms with Crippen molar-refractivity contribution >= 4 is 0 Å². The lowest BCUT2D eigenvalue weighted by atomic mass is 9.97. The van der Waals surface area contributed by atoms with Crippen LogP contribution in [0, 0.1) is 0 Å². The van der Waals surface area contributed by atoms with Gasteiger partial charge < -0.3 is 9.15 Å². The second kappa shape index (κ2) is 6.01. The summed E-state index contributed by atoms with van der Waals surface area (Å²) in [7, 11) is 0. The van der Waals surface area contributed by atoms with E-state index in [4.69, 9.17) is 9.15 Å². The molecule has 1 aromatic rings. The van der Waals surface area contributed by atoms with Gasteiger partial charge in [-0.3, -0.25) is 0 Å². The Morgan fingerprint density at radius 1 is 1.41 bits per heavy atom. The van der Waals surface area contributed by atoms with Gasteiger partial charge in [0.2, 0.25) is 0 Å². The first-order valence-electron chi connectivity index (χ1n) is 6.52. The minimum Gasteiger partial charge on any atom is -0.431 e. The van der Waals surface area contributed by atoms with Crippen LogP contribution in [0.5, 0.6) is 0 Å². The average molecular weight is 236 g/mol. The highest BCUT2D eigenvalue weighted by Gasteiger charge is 2.17. The zero-order chi connectivity index (χ0) is 12.1. The Kier molecular flexibility index (Phi) is 4.37. The molecule has 0 bridgehead atoms. The molecule has 1 atom stereocenters. The van der Waals surface area contributed by atoms with Crippen LogP contribution >= 0.6 is 0 Å². The van der Waals surface area contributed by atoms with Gasteiger partial charge in [0, 0.05) is 12.2 Å². The van der Waals surface area contributed by atoms with Gasteiger partial charge in [0.1, 0.15) is 0 Å². The SMILES string of the molecule is CCCc1c(CC2CCCCO2)ccoc1=O. The number of hydrogen-bond acceptors (Lipinski definition) is 3. The zero-order valence-corrected chi connectivity index (χ0v) is 10.4. The van der Waals surface area contributed by atoms with E-state index in [2.05, 4.69) is 6.92 Å². The molecular formula is C14H20O3. The van der Waals surface area contributed by atoms with Gasteiger partial charge in [-0.1, -0.05) is 13.3 Å². The molecule has 0 saturated carbocycles. The smallest absolute Gasteiger partial charge is 0.339 e. The predicted octanol–water partition coefficient (Wildman–Crippen LogP) is 2.70. The van der Waals surface area contributed by atoms with Gasteiger partial charge in [-0.2, -0.15) is 0 Å². The monoisotopic (exact) mass is 236 g/mol. The van der Waals surface area contributed by atoms with Crippen molar-refractivity contribution in [3.8, 4) is 0 Å². The Bertz CT molecular complexity index is 402. The minimum atomic E-state index is -0.180. The fraction of sp³-hybridized carbons (Fsp3) is 0.643. The molecule has 1 aliphatic rings. The Balaban J connectivity index is 2.13. The third kappa shape index (κ3) is 3.19. The molecule has 17 heavy (non-hydrogen) atoms. The maximum Gasteiger partial charge on any atom is 0.339 e. The van der Waals surface area contributed by atoms with Crippen molar-refractivity contribution in [3.63, 3.8) is 0 Å². The Hall–Kier alpha value is -1.09. The molecular weight excluding hydrogens is 216 g/mol. The molecule has 0 N–H and O–H groups in total. The fourth-order valence-corrected chi connectivity index (χ4v) is 2.40. The fourth-order valence-electron chi connectivity index (χ4n) is 2.40. The number of hydrogen-bond donors (Lipinski definition) is 0. The molecule has 0 spiro atoms. The average Bonchev–Trinajstić information content (AvgIpc) is 2.35. The Morgan fingerprint density at radius 2 is 2.29 bits per heavy atom. The van der Waals surface area contributed by atoms with Gasteiger partial charge in [-0.15, -0.1) is 0 Å². The first-order chi connectivity index (χ1) is 8.31. The molecule has 3 heteroatoms. The van der Waals surface area contributed by atoms with E-state index >= 15 is 0 Å². The molecule has 1 saturated heterocycles. The highest BCUT2D eigenvalue weighted by molar-refractivity contribution is 5.23. The summed E-state index contributed by atoms with van der Waals surface area (Å²) in [6.07, 6.45) is 7.89. The van der Waals surface area contributed by atoms with Gasteiger partial charge >= 0.3 is 5.63 Å². The zero-order valence-electron chi connectivity index (χ0n) is 10.4. The first kappa shape index (κ1) is 12.4. The van der Waals surface area contributed by atoms with E-state index in [0.29, 0.717) is 0 Å². The highest BCUT2D eigenvalue weighted by Crippen LogP contribution is 2.18. The van der Waals surface area contributed by atoms with Crippen molar-refractivity contribution in [2.75, 3.05) is 6.61 Å². The lowest BCUT2D eigenvalue weighted by molar-refractivity contribution is 0.0166. The van der Waals surface area contributed by atoms with Crippen LogP contribution in [0.2, 0.25) is 0 Å². The lowest BCUT2D eigenvalue weighted by Crippen LogP contribution is -2.23. The summed E-state index contributed by atoms with van der Waals surface area (Å²) < 4.78 is 10.7. The summed E-state index contributed by atoms with van der Waals surface area (Å²) in [4.78, 5) is 11.7. The van der Waals surface area contributed by atoms with Crippen LogP contribution < -0.4 is 5.63 Å². The van der Waals surface area contributed by atoms with Crippen molar-refractivity contribution < 1.29 is 9.15 Å². The second-order valence-corrected chi connectivity index (χ2v) is 4.65. The topological polar surface area (TPSA) is 39.4 Å². The van der Waals surface area contributed by atoms with E-state index in [1.54, 1.807) is 0 Å². The summed E-state index contributed by atoms with van der Waals surface area (Å²) in [5.41, 5.74) is 1.76. The first-order valence-corrected chi connectivity index (χ1v) is 6.52. The quantitative estimate of drug-likeness (QED) is 0.807. The van der Waals surface area contributed by atoms with Crippen LogP contribution in [-0.2, 0) is 17.6 Å². The highest BCUT2D eigenvalue weighted by atomic mass is 16.5. The summed E-state index contributed by atoms with van der Waals surface area (Å²) in [5.74, 6) is 0. The van der Waals surface area contributed by atoms with Crippen molar-refractivity contribution in [2.45, 2.75) is 51.6 Å². The van der Waals surface area contributed by atoms with Gasteiger partial charge in [-0.25, -0.2) is 4.79 Å². The number of rotatable bonds is 4. The summed E-state index contributed by atoms with van der Waals surface area (Å²) in [6.45, 7) is 2.93. The van der Waals surface area contributed by atoms with Gasteiger partial charge in [-0.05, 0) is 43.7 Å². The van der Waals surface area contributed by atoms with Crippen LogP contribution in [0.25, 0.3) is 0 Å². The van der Waals surface area contributed by atoms with Gasteiger partial charge in [0.25, 0.3) is 0 Å². The van der Waals surface area contributed by atoms with Crippen molar-refractivity contribution in [1.82, 2.24) is 0 Å². The molecule has 0 amide bonds. The lowest BCUT2D eigenvalue weighted by Gasteiger charge is -2.23. The second-order valence-electron chi connectivity index (χ2n) is 4.65. The van der Waals surface area contributed by atoms with Crippen LogP contribution in [0.3, 0.4) is 0 Å². The standard InChI is InChI=1S/C14H20O3/c1-2-5-13-11(7-9-17-14(13)15)10-12-6-3-4-8-16-12/h7,9,12H,2-6,8,10H2,1H3. The molecule has 1 aliphatic heterocycles. The minimum absolute atomic E-state index is 0.180. The maximum atomic E-state index is 11.7. The van der Waals surface area contributed by atoms with Gasteiger partial charge in [0.15, 0.2) is 0 Å². The third-order valence-electron chi connectivity index (χ3n) is 3.30. The molecule has 1 aromatic heterocycles. The van der Waals surface area contributed by atoms with E-state index in [1.807, 2.05) is 6.07 Å². The van der Waals surface area contributed by atoms with Crippen LogP contribution in [0.1, 0.15) is 43.7 Å². The normalized spacial score (nSPS) is 20.4. The molecule has 1 fully saturated rings.